The second-order valence-electron chi connectivity index (χ2n) is 13.4. The molecule has 0 aliphatic heterocycles. The van der Waals surface area contributed by atoms with Gasteiger partial charge in [0.1, 0.15) is 17.0 Å². The van der Waals surface area contributed by atoms with Crippen molar-refractivity contribution in [2.45, 2.75) is 19.8 Å². The first-order chi connectivity index (χ1) is 24.6. The molecule has 10 rings (SSSR count). The van der Waals surface area contributed by atoms with Crippen LogP contribution in [-0.4, -0.2) is 14.1 Å². The Labute approximate surface area is 289 Å². The van der Waals surface area contributed by atoms with Gasteiger partial charge < -0.3 is 8.98 Å². The third kappa shape index (κ3) is 4.42. The molecule has 0 aliphatic rings. The van der Waals surface area contributed by atoms with E-state index in [0.717, 1.165) is 72.4 Å². The number of para-hydroxylation sites is 4. The van der Waals surface area contributed by atoms with Crippen molar-refractivity contribution in [3.05, 3.63) is 164 Å². The molecular formula is C46H33N3O. The standard InChI is InChI=1S/C46H33N3O/c1-29(2)46-47-40-17-5-8-20-43(40)49(46)35-14-10-12-31(26-35)33-22-24-45-39(28-33)38-27-32(21-23-44(38)50-45)30-11-9-13-34(25-30)48-41-18-6-3-15-36(41)37-16-4-7-19-42(37)48/h3-29H,1-2H3. The highest BCUT2D eigenvalue weighted by Gasteiger charge is 2.17. The molecule has 238 valence electrons. The minimum absolute atomic E-state index is 0.288. The van der Waals surface area contributed by atoms with E-state index < -0.39 is 0 Å². The lowest BCUT2D eigenvalue weighted by Crippen LogP contribution is -2.03. The molecule has 4 nitrogen and oxygen atoms in total. The number of aromatic nitrogens is 3. The number of hydrogen-bond donors (Lipinski definition) is 0. The van der Waals surface area contributed by atoms with Crippen molar-refractivity contribution in [2.75, 3.05) is 0 Å². The van der Waals surface area contributed by atoms with Crippen LogP contribution in [0, 0.1) is 0 Å². The molecule has 0 aliphatic carbocycles. The van der Waals surface area contributed by atoms with E-state index in [9.17, 15) is 0 Å². The zero-order valence-corrected chi connectivity index (χ0v) is 27.8. The number of fused-ring (bicyclic) bond motifs is 7. The molecule has 3 aromatic heterocycles. The highest BCUT2D eigenvalue weighted by atomic mass is 16.3. The third-order valence-corrected chi connectivity index (χ3v) is 10.0. The summed E-state index contributed by atoms with van der Waals surface area (Å²) in [7, 11) is 0. The number of imidazole rings is 1. The number of benzene rings is 7. The van der Waals surface area contributed by atoms with Gasteiger partial charge in [-0.25, -0.2) is 4.98 Å². The van der Waals surface area contributed by atoms with Crippen molar-refractivity contribution in [1.29, 1.82) is 0 Å². The fraction of sp³-hybridized carbons (Fsp3) is 0.0652. The molecular weight excluding hydrogens is 611 g/mol. The summed E-state index contributed by atoms with van der Waals surface area (Å²) in [6.45, 7) is 4.41. The zero-order chi connectivity index (χ0) is 33.3. The molecule has 0 amide bonds. The van der Waals surface area contributed by atoms with Gasteiger partial charge >= 0.3 is 0 Å². The molecule has 0 N–H and O–H groups in total. The maximum Gasteiger partial charge on any atom is 0.135 e. The smallest absolute Gasteiger partial charge is 0.135 e. The van der Waals surface area contributed by atoms with E-state index in [1.165, 1.54) is 21.8 Å². The normalized spacial score (nSPS) is 12.0. The molecule has 50 heavy (non-hydrogen) atoms. The van der Waals surface area contributed by atoms with E-state index in [4.69, 9.17) is 9.40 Å². The molecule has 0 unspecified atom stereocenters. The molecule has 7 aromatic carbocycles. The molecule has 0 radical (unpaired) electrons. The van der Waals surface area contributed by atoms with Crippen LogP contribution in [0.15, 0.2) is 162 Å². The summed E-state index contributed by atoms with van der Waals surface area (Å²) in [4.78, 5) is 4.99. The van der Waals surface area contributed by atoms with Gasteiger partial charge in [0.15, 0.2) is 0 Å². The SMILES string of the molecule is CC(C)c1nc2ccccc2n1-c1cccc(-c2ccc3oc4ccc(-c5cccc(-n6c7ccccc7c7ccccc76)c5)cc4c3c2)c1. The molecule has 0 fully saturated rings. The van der Waals surface area contributed by atoms with Crippen LogP contribution in [0.2, 0.25) is 0 Å². The van der Waals surface area contributed by atoms with Crippen LogP contribution in [-0.2, 0) is 0 Å². The van der Waals surface area contributed by atoms with Crippen LogP contribution in [0.5, 0.6) is 0 Å². The van der Waals surface area contributed by atoms with Crippen LogP contribution in [0.4, 0.5) is 0 Å². The number of rotatable bonds is 5. The molecule has 4 heteroatoms. The average Bonchev–Trinajstić information content (AvgIpc) is 3.84. The van der Waals surface area contributed by atoms with Crippen LogP contribution in [0.1, 0.15) is 25.6 Å². The second kappa shape index (κ2) is 11.1. The quantitative estimate of drug-likeness (QED) is 0.187. The van der Waals surface area contributed by atoms with Crippen LogP contribution >= 0.6 is 0 Å². The molecule has 0 saturated heterocycles. The van der Waals surface area contributed by atoms with Gasteiger partial charge in [0, 0.05) is 38.8 Å². The van der Waals surface area contributed by atoms with Gasteiger partial charge in [0.05, 0.1) is 22.1 Å². The fourth-order valence-corrected chi connectivity index (χ4v) is 7.69. The molecule has 0 saturated carbocycles. The summed E-state index contributed by atoms with van der Waals surface area (Å²) >= 11 is 0. The first kappa shape index (κ1) is 28.6. The topological polar surface area (TPSA) is 35.9 Å². The Hall–Kier alpha value is -6.39. The molecule has 3 heterocycles. The maximum atomic E-state index is 6.37. The van der Waals surface area contributed by atoms with Crippen molar-refractivity contribution in [3.63, 3.8) is 0 Å². The zero-order valence-electron chi connectivity index (χ0n) is 27.8. The minimum Gasteiger partial charge on any atom is -0.456 e. The van der Waals surface area contributed by atoms with Crippen molar-refractivity contribution in [1.82, 2.24) is 14.1 Å². The number of hydrogen-bond acceptors (Lipinski definition) is 2. The molecule has 0 bridgehead atoms. The van der Waals surface area contributed by atoms with Crippen molar-refractivity contribution in [2.24, 2.45) is 0 Å². The lowest BCUT2D eigenvalue weighted by Gasteiger charge is -2.13. The minimum atomic E-state index is 0.288. The Morgan fingerprint density at radius 2 is 0.940 bits per heavy atom. The predicted octanol–water partition coefficient (Wildman–Crippen LogP) is 12.5. The van der Waals surface area contributed by atoms with E-state index in [2.05, 4.69) is 181 Å². The summed E-state index contributed by atoms with van der Waals surface area (Å²) in [6.07, 6.45) is 0. The van der Waals surface area contributed by atoms with Gasteiger partial charge in [-0.2, -0.15) is 0 Å². The summed E-state index contributed by atoms with van der Waals surface area (Å²) in [6, 6.07) is 56.4. The van der Waals surface area contributed by atoms with Gasteiger partial charge in [-0.15, -0.1) is 0 Å². The van der Waals surface area contributed by atoms with Gasteiger partial charge in [-0.3, -0.25) is 4.57 Å². The van der Waals surface area contributed by atoms with E-state index in [-0.39, 0.29) is 5.92 Å². The highest BCUT2D eigenvalue weighted by molar-refractivity contribution is 6.10. The van der Waals surface area contributed by atoms with E-state index in [0.29, 0.717) is 0 Å². The summed E-state index contributed by atoms with van der Waals surface area (Å²) in [5, 5.41) is 4.75. The Kier molecular flexibility index (Phi) is 6.34. The van der Waals surface area contributed by atoms with Crippen LogP contribution in [0.3, 0.4) is 0 Å². The molecule has 0 atom stereocenters. The predicted molar refractivity (Wildman–Crippen MR) is 208 cm³/mol. The van der Waals surface area contributed by atoms with Crippen LogP contribution < -0.4 is 0 Å². The first-order valence-electron chi connectivity index (χ1n) is 17.2. The summed E-state index contributed by atoms with van der Waals surface area (Å²) < 4.78 is 11.0. The number of nitrogens with zero attached hydrogens (tertiary/aromatic N) is 3. The Balaban J connectivity index is 1.07. The lowest BCUT2D eigenvalue weighted by atomic mass is 9.99. The lowest BCUT2D eigenvalue weighted by molar-refractivity contribution is 0.669. The van der Waals surface area contributed by atoms with Gasteiger partial charge in [0.25, 0.3) is 0 Å². The summed E-state index contributed by atoms with van der Waals surface area (Å²) in [5.74, 6) is 1.35. The number of furan rings is 1. The summed E-state index contributed by atoms with van der Waals surface area (Å²) in [5.41, 5.74) is 13.2. The molecule has 0 spiro atoms. The molecule has 10 aromatic rings. The fourth-order valence-electron chi connectivity index (χ4n) is 7.69. The van der Waals surface area contributed by atoms with Gasteiger partial charge in [0.2, 0.25) is 0 Å². The third-order valence-electron chi connectivity index (χ3n) is 10.0. The van der Waals surface area contributed by atoms with Crippen molar-refractivity contribution in [3.8, 4) is 33.6 Å². The van der Waals surface area contributed by atoms with E-state index in [1.54, 1.807) is 0 Å². The second-order valence-corrected chi connectivity index (χ2v) is 13.4. The highest BCUT2D eigenvalue weighted by Crippen LogP contribution is 2.37. The Morgan fingerprint density at radius 3 is 1.52 bits per heavy atom. The van der Waals surface area contributed by atoms with Crippen molar-refractivity contribution < 1.29 is 4.42 Å². The largest absolute Gasteiger partial charge is 0.456 e. The Bertz CT molecular complexity index is 2870. The van der Waals surface area contributed by atoms with E-state index in [1.807, 2.05) is 0 Å². The first-order valence-corrected chi connectivity index (χ1v) is 17.2. The average molecular weight is 644 g/mol. The maximum absolute atomic E-state index is 6.37. The van der Waals surface area contributed by atoms with Crippen LogP contribution in [0.25, 0.3) is 88.4 Å². The monoisotopic (exact) mass is 643 g/mol. The van der Waals surface area contributed by atoms with Gasteiger partial charge in [-0.1, -0.05) is 98.8 Å². The Morgan fingerprint density at radius 1 is 0.440 bits per heavy atom. The van der Waals surface area contributed by atoms with Gasteiger partial charge in [-0.05, 0) is 95.1 Å². The van der Waals surface area contributed by atoms with Crippen molar-refractivity contribution >= 4 is 54.8 Å². The van der Waals surface area contributed by atoms with E-state index >= 15 is 0 Å².